The number of fused-ring (bicyclic) bond motifs is 6. The molecule has 0 bridgehead atoms. The highest BCUT2D eigenvalue weighted by Gasteiger charge is 2.24. The van der Waals surface area contributed by atoms with Gasteiger partial charge in [0.25, 0.3) is 0 Å². The zero-order valence-electron chi connectivity index (χ0n) is 25.5. The first-order chi connectivity index (χ1) is 20.7. The van der Waals surface area contributed by atoms with Gasteiger partial charge in [0.1, 0.15) is 11.9 Å². The van der Waals surface area contributed by atoms with E-state index in [0.717, 1.165) is 17.7 Å². The fourth-order valence-corrected chi connectivity index (χ4v) is 6.79. The number of aryl methyl sites for hydroxylation is 1. The third-order valence-corrected chi connectivity index (χ3v) is 8.81. The van der Waals surface area contributed by atoms with Crippen LogP contribution in [0.4, 0.5) is 0 Å². The highest BCUT2D eigenvalue weighted by atomic mass is 16.5. The summed E-state index contributed by atoms with van der Waals surface area (Å²) in [5.74, 6) is 0.906. The summed E-state index contributed by atoms with van der Waals surface area (Å²) in [5.41, 5.74) is 6.06. The number of benzene rings is 2. The van der Waals surface area contributed by atoms with Crippen molar-refractivity contribution in [2.45, 2.75) is 91.1 Å². The number of hydrogen-bond donors (Lipinski definition) is 0. The number of nitrogens with zero attached hydrogens (tertiary/aromatic N) is 4. The van der Waals surface area contributed by atoms with Gasteiger partial charge in [-0.15, -0.1) is 0 Å². The largest absolute Gasteiger partial charge is 0.494 e. The van der Waals surface area contributed by atoms with Crippen LogP contribution in [0.2, 0.25) is 0 Å². The SMILES string of the molecule is CCCCCCCCCCCC(n1c2cnccc2c2ccc(C)cc21)n1c2cnccc2c2ccc(OCC)cc21. The standard InChI is InChI=1S/C37H44N4O/c1-4-6-7-8-9-10-11-12-13-14-37(40-33-23-27(3)15-17-29(33)31-19-21-38-25-35(31)40)41-34-24-28(42-5-2)16-18-30(34)32-20-22-39-26-36(32)41/h15-26,37H,4-14H2,1-3H3. The van der Waals surface area contributed by atoms with E-state index in [1.165, 1.54) is 101 Å². The van der Waals surface area contributed by atoms with Gasteiger partial charge in [-0.25, -0.2) is 0 Å². The molecule has 6 aromatic rings. The molecule has 5 nitrogen and oxygen atoms in total. The Morgan fingerprint density at radius 2 is 1.17 bits per heavy atom. The Morgan fingerprint density at radius 1 is 0.619 bits per heavy atom. The van der Waals surface area contributed by atoms with Gasteiger partial charge in [0.15, 0.2) is 0 Å². The van der Waals surface area contributed by atoms with Crippen LogP contribution >= 0.6 is 0 Å². The van der Waals surface area contributed by atoms with Crippen molar-refractivity contribution >= 4 is 43.6 Å². The summed E-state index contributed by atoms with van der Waals surface area (Å²) in [4.78, 5) is 9.21. The van der Waals surface area contributed by atoms with E-state index in [-0.39, 0.29) is 6.17 Å². The van der Waals surface area contributed by atoms with E-state index >= 15 is 0 Å². The lowest BCUT2D eigenvalue weighted by Crippen LogP contribution is -2.18. The highest BCUT2D eigenvalue weighted by Crippen LogP contribution is 2.40. The van der Waals surface area contributed by atoms with E-state index in [1.807, 2.05) is 31.7 Å². The Labute approximate surface area is 249 Å². The Kier molecular flexibility index (Phi) is 8.73. The summed E-state index contributed by atoms with van der Waals surface area (Å²) in [6, 6.07) is 17.7. The van der Waals surface area contributed by atoms with Crippen LogP contribution in [0, 0.1) is 6.92 Å². The predicted octanol–water partition coefficient (Wildman–Crippen LogP) is 10.4. The van der Waals surface area contributed by atoms with Gasteiger partial charge in [0.2, 0.25) is 0 Å². The van der Waals surface area contributed by atoms with Crippen molar-refractivity contribution < 1.29 is 4.74 Å². The molecule has 0 aliphatic rings. The molecule has 1 atom stereocenters. The highest BCUT2D eigenvalue weighted by molar-refractivity contribution is 6.10. The van der Waals surface area contributed by atoms with Gasteiger partial charge in [0, 0.05) is 40.0 Å². The average Bonchev–Trinajstić information content (AvgIpc) is 3.51. The summed E-state index contributed by atoms with van der Waals surface area (Å²) in [6.45, 7) is 7.17. The van der Waals surface area contributed by atoms with E-state index in [2.05, 4.69) is 81.5 Å². The molecule has 42 heavy (non-hydrogen) atoms. The van der Waals surface area contributed by atoms with Crippen LogP contribution in [0.1, 0.15) is 89.8 Å². The number of rotatable bonds is 14. The minimum absolute atomic E-state index is 0.0710. The maximum atomic E-state index is 6.01. The van der Waals surface area contributed by atoms with Crippen molar-refractivity contribution in [1.29, 1.82) is 0 Å². The van der Waals surface area contributed by atoms with Crippen LogP contribution in [0.15, 0.2) is 73.3 Å². The van der Waals surface area contributed by atoms with Gasteiger partial charge < -0.3 is 13.9 Å². The normalized spacial score (nSPS) is 12.6. The van der Waals surface area contributed by atoms with Crippen LogP contribution < -0.4 is 4.74 Å². The summed E-state index contributed by atoms with van der Waals surface area (Å²) in [6.07, 6.45) is 20.9. The first kappa shape index (κ1) is 28.3. The maximum Gasteiger partial charge on any atom is 0.121 e. The van der Waals surface area contributed by atoms with Crippen LogP contribution in [0.5, 0.6) is 5.75 Å². The molecule has 2 aromatic carbocycles. The van der Waals surface area contributed by atoms with Crippen molar-refractivity contribution in [3.8, 4) is 5.75 Å². The second-order valence-electron chi connectivity index (χ2n) is 11.8. The predicted molar refractivity (Wildman–Crippen MR) is 177 cm³/mol. The first-order valence-electron chi connectivity index (χ1n) is 16.1. The first-order valence-corrected chi connectivity index (χ1v) is 16.1. The van der Waals surface area contributed by atoms with Crippen molar-refractivity contribution in [2.75, 3.05) is 6.61 Å². The molecular formula is C37H44N4O. The molecule has 5 heteroatoms. The van der Waals surface area contributed by atoms with Gasteiger partial charge in [-0.05, 0) is 62.6 Å². The Morgan fingerprint density at radius 3 is 1.79 bits per heavy atom. The van der Waals surface area contributed by atoms with Crippen molar-refractivity contribution in [3.63, 3.8) is 0 Å². The number of pyridine rings is 2. The summed E-state index contributed by atoms with van der Waals surface area (Å²) >= 11 is 0. The smallest absolute Gasteiger partial charge is 0.121 e. The van der Waals surface area contributed by atoms with Gasteiger partial charge in [-0.1, -0.05) is 70.4 Å². The molecule has 0 spiro atoms. The second-order valence-corrected chi connectivity index (χ2v) is 11.8. The van der Waals surface area contributed by atoms with E-state index in [1.54, 1.807) is 0 Å². The Hall–Kier alpha value is -3.86. The minimum Gasteiger partial charge on any atom is -0.494 e. The minimum atomic E-state index is 0.0710. The van der Waals surface area contributed by atoms with Crippen molar-refractivity contribution in [2.24, 2.45) is 0 Å². The molecule has 0 aliphatic heterocycles. The summed E-state index contributed by atoms with van der Waals surface area (Å²) in [5, 5.41) is 5.01. The van der Waals surface area contributed by atoms with Crippen molar-refractivity contribution in [3.05, 3.63) is 78.9 Å². The average molecular weight is 561 g/mol. The molecule has 4 aromatic heterocycles. The zero-order valence-corrected chi connectivity index (χ0v) is 25.5. The van der Waals surface area contributed by atoms with E-state index in [4.69, 9.17) is 4.74 Å². The fraction of sp³-hybridized carbons (Fsp3) is 0.405. The van der Waals surface area contributed by atoms with Gasteiger partial charge in [-0.3, -0.25) is 9.97 Å². The summed E-state index contributed by atoms with van der Waals surface area (Å²) in [7, 11) is 0. The van der Waals surface area contributed by atoms with Gasteiger partial charge in [-0.2, -0.15) is 0 Å². The third kappa shape index (κ3) is 5.49. The van der Waals surface area contributed by atoms with Crippen LogP contribution in [-0.2, 0) is 0 Å². The van der Waals surface area contributed by atoms with Crippen LogP contribution in [0.3, 0.4) is 0 Å². The van der Waals surface area contributed by atoms with Crippen LogP contribution in [-0.4, -0.2) is 25.7 Å². The molecule has 1 unspecified atom stereocenters. The Balaban J connectivity index is 1.46. The van der Waals surface area contributed by atoms with Crippen molar-refractivity contribution in [1.82, 2.24) is 19.1 Å². The van der Waals surface area contributed by atoms with Crippen LogP contribution in [0.25, 0.3) is 43.6 Å². The molecular weight excluding hydrogens is 516 g/mol. The molecule has 6 rings (SSSR count). The number of ether oxygens (including phenoxy) is 1. The fourth-order valence-electron chi connectivity index (χ4n) is 6.79. The molecule has 218 valence electrons. The molecule has 0 radical (unpaired) electrons. The molecule has 0 saturated heterocycles. The lowest BCUT2D eigenvalue weighted by Gasteiger charge is -2.25. The molecule has 0 fully saturated rings. The summed E-state index contributed by atoms with van der Waals surface area (Å²) < 4.78 is 11.1. The lowest BCUT2D eigenvalue weighted by molar-refractivity contribution is 0.340. The monoisotopic (exact) mass is 560 g/mol. The molecule has 0 saturated carbocycles. The topological polar surface area (TPSA) is 44.9 Å². The van der Waals surface area contributed by atoms with E-state index in [9.17, 15) is 0 Å². The quantitative estimate of drug-likeness (QED) is 0.124. The molecule has 0 N–H and O–H groups in total. The lowest BCUT2D eigenvalue weighted by atomic mass is 10.1. The number of aromatic nitrogens is 4. The molecule has 0 amide bonds. The maximum absolute atomic E-state index is 6.01. The Bertz CT molecular complexity index is 1800. The van der Waals surface area contributed by atoms with Gasteiger partial charge in [0.05, 0.1) is 41.1 Å². The number of hydrogen-bond acceptors (Lipinski definition) is 3. The second kappa shape index (κ2) is 13.0. The van der Waals surface area contributed by atoms with E-state index in [0.29, 0.717) is 6.61 Å². The van der Waals surface area contributed by atoms with E-state index < -0.39 is 0 Å². The third-order valence-electron chi connectivity index (χ3n) is 8.81. The van der Waals surface area contributed by atoms with Gasteiger partial charge >= 0.3 is 0 Å². The zero-order chi connectivity index (χ0) is 28.9. The molecule has 0 aliphatic carbocycles. The number of unbranched alkanes of at least 4 members (excludes halogenated alkanes) is 8. The molecule has 4 heterocycles.